The number of halogens is 1. The van der Waals surface area contributed by atoms with E-state index >= 15 is 0 Å². The van der Waals surface area contributed by atoms with Crippen molar-refractivity contribution in [1.82, 2.24) is 14.7 Å². The first kappa shape index (κ1) is 16.1. The van der Waals surface area contributed by atoms with Crippen molar-refractivity contribution in [2.45, 2.75) is 25.4 Å². The van der Waals surface area contributed by atoms with Gasteiger partial charge in [-0.25, -0.2) is 4.39 Å². The Labute approximate surface area is 136 Å². The number of hydrogen-bond acceptors (Lipinski definition) is 3. The maximum Gasteiger partial charge on any atom is 0.123 e. The molecule has 1 fully saturated rings. The summed E-state index contributed by atoms with van der Waals surface area (Å²) in [6.45, 7) is 7.71. The lowest BCUT2D eigenvalue weighted by Gasteiger charge is -2.41. The third kappa shape index (κ3) is 3.62. The predicted molar refractivity (Wildman–Crippen MR) is 87.8 cm³/mol. The number of hydrogen-bond donors (Lipinski definition) is 0. The lowest BCUT2D eigenvalue weighted by Crippen LogP contribution is -2.49. The highest BCUT2D eigenvalue weighted by Crippen LogP contribution is 2.30. The molecule has 0 unspecified atom stereocenters. The van der Waals surface area contributed by atoms with Crippen molar-refractivity contribution >= 4 is 0 Å². The van der Waals surface area contributed by atoms with Gasteiger partial charge in [-0.2, -0.15) is 5.10 Å². The first-order valence-corrected chi connectivity index (χ1v) is 8.07. The molecule has 0 bridgehead atoms. The second-order valence-corrected chi connectivity index (χ2v) is 6.67. The van der Waals surface area contributed by atoms with Crippen LogP contribution < -0.4 is 0 Å². The predicted octanol–water partition coefficient (Wildman–Crippen LogP) is 2.91. The highest BCUT2D eigenvalue weighted by Gasteiger charge is 2.35. The van der Waals surface area contributed by atoms with E-state index in [4.69, 9.17) is 4.74 Å². The molecule has 0 saturated carbocycles. The Kier molecular flexibility index (Phi) is 4.50. The summed E-state index contributed by atoms with van der Waals surface area (Å²) < 4.78 is 20.9. The summed E-state index contributed by atoms with van der Waals surface area (Å²) in [5.41, 5.74) is 1.95. The van der Waals surface area contributed by atoms with Crippen molar-refractivity contribution in [2.24, 2.45) is 7.05 Å². The standard InChI is InChI=1S/C18H24FN3O/c1-14(15-4-6-17(19)7-5-15)11-22-8-9-23-18(2,13-22)16-10-20-21(3)12-16/h4-7,10,12,14H,8-9,11,13H2,1-3H3/t14-,18+/m0/s1. The van der Waals surface area contributed by atoms with E-state index in [0.717, 1.165) is 25.2 Å². The van der Waals surface area contributed by atoms with Gasteiger partial charge in [0.05, 0.1) is 12.8 Å². The van der Waals surface area contributed by atoms with Crippen molar-refractivity contribution < 1.29 is 9.13 Å². The van der Waals surface area contributed by atoms with E-state index in [0.29, 0.717) is 12.5 Å². The Balaban J connectivity index is 1.67. The van der Waals surface area contributed by atoms with Gasteiger partial charge in [0, 0.05) is 38.4 Å². The molecule has 3 rings (SSSR count). The maximum atomic E-state index is 13.1. The summed E-state index contributed by atoms with van der Waals surface area (Å²) in [4.78, 5) is 2.42. The Morgan fingerprint density at radius 2 is 2.09 bits per heavy atom. The van der Waals surface area contributed by atoms with E-state index in [2.05, 4.69) is 23.8 Å². The zero-order chi connectivity index (χ0) is 16.4. The van der Waals surface area contributed by atoms with Crippen LogP contribution in [0.3, 0.4) is 0 Å². The molecule has 23 heavy (non-hydrogen) atoms. The van der Waals surface area contributed by atoms with Gasteiger partial charge in [-0.05, 0) is 30.5 Å². The number of benzene rings is 1. The SMILES string of the molecule is C[C@@H](CN1CCO[C@@](C)(c2cnn(C)c2)C1)c1ccc(F)cc1. The van der Waals surface area contributed by atoms with E-state index in [9.17, 15) is 4.39 Å². The molecule has 0 aliphatic carbocycles. The van der Waals surface area contributed by atoms with Crippen LogP contribution in [0.1, 0.15) is 30.9 Å². The zero-order valence-corrected chi connectivity index (χ0v) is 14.0. The Bertz CT molecular complexity index is 655. The van der Waals surface area contributed by atoms with Crippen LogP contribution in [-0.4, -0.2) is 40.9 Å². The average Bonchev–Trinajstić information content (AvgIpc) is 2.95. The van der Waals surface area contributed by atoms with Gasteiger partial charge in [0.1, 0.15) is 11.4 Å². The molecule has 1 aromatic carbocycles. The molecule has 2 aromatic rings. The minimum absolute atomic E-state index is 0.184. The summed E-state index contributed by atoms with van der Waals surface area (Å²) in [6, 6.07) is 6.82. The third-order valence-corrected chi connectivity index (χ3v) is 4.64. The number of rotatable bonds is 4. The van der Waals surface area contributed by atoms with Crippen LogP contribution >= 0.6 is 0 Å². The van der Waals surface area contributed by atoms with Crippen molar-refractivity contribution in [1.29, 1.82) is 0 Å². The van der Waals surface area contributed by atoms with Crippen LogP contribution in [0.5, 0.6) is 0 Å². The highest BCUT2D eigenvalue weighted by molar-refractivity contribution is 5.21. The lowest BCUT2D eigenvalue weighted by molar-refractivity contribution is -0.104. The van der Waals surface area contributed by atoms with E-state index in [1.807, 2.05) is 36.3 Å². The molecular weight excluding hydrogens is 293 g/mol. The van der Waals surface area contributed by atoms with E-state index in [-0.39, 0.29) is 11.4 Å². The van der Waals surface area contributed by atoms with E-state index < -0.39 is 0 Å². The molecule has 5 heteroatoms. The van der Waals surface area contributed by atoms with Crippen molar-refractivity contribution in [3.05, 3.63) is 53.6 Å². The van der Waals surface area contributed by atoms with Crippen LogP contribution in [0.25, 0.3) is 0 Å². The van der Waals surface area contributed by atoms with Gasteiger partial charge in [0.15, 0.2) is 0 Å². The molecular formula is C18H24FN3O. The second-order valence-electron chi connectivity index (χ2n) is 6.67. The highest BCUT2D eigenvalue weighted by atomic mass is 19.1. The lowest BCUT2D eigenvalue weighted by atomic mass is 9.95. The molecule has 2 heterocycles. The summed E-state index contributed by atoms with van der Waals surface area (Å²) in [5.74, 6) is 0.170. The monoisotopic (exact) mass is 317 g/mol. The van der Waals surface area contributed by atoms with Crippen LogP contribution in [-0.2, 0) is 17.4 Å². The zero-order valence-electron chi connectivity index (χ0n) is 14.0. The van der Waals surface area contributed by atoms with Crippen molar-refractivity contribution in [3.63, 3.8) is 0 Å². The molecule has 0 radical (unpaired) electrons. The van der Waals surface area contributed by atoms with Crippen LogP contribution in [0, 0.1) is 5.82 Å². The third-order valence-electron chi connectivity index (χ3n) is 4.64. The topological polar surface area (TPSA) is 30.3 Å². The minimum atomic E-state index is -0.324. The van der Waals surface area contributed by atoms with Crippen LogP contribution in [0.4, 0.5) is 4.39 Å². The molecule has 124 valence electrons. The summed E-state index contributed by atoms with van der Waals surface area (Å²) in [7, 11) is 1.92. The van der Waals surface area contributed by atoms with Gasteiger partial charge in [0.25, 0.3) is 0 Å². The van der Waals surface area contributed by atoms with Gasteiger partial charge in [-0.1, -0.05) is 19.1 Å². The molecule has 1 aromatic heterocycles. The quantitative estimate of drug-likeness (QED) is 0.868. The fraction of sp³-hybridized carbons (Fsp3) is 0.500. The molecule has 0 amide bonds. The molecule has 1 aliphatic rings. The van der Waals surface area contributed by atoms with E-state index in [1.54, 1.807) is 0 Å². The second kappa shape index (κ2) is 6.42. The van der Waals surface area contributed by atoms with E-state index in [1.165, 1.54) is 17.7 Å². The number of nitrogens with zero attached hydrogens (tertiary/aromatic N) is 3. The average molecular weight is 317 g/mol. The Morgan fingerprint density at radius 3 is 2.74 bits per heavy atom. The van der Waals surface area contributed by atoms with Gasteiger partial charge < -0.3 is 4.74 Å². The van der Waals surface area contributed by atoms with Crippen LogP contribution in [0.2, 0.25) is 0 Å². The molecule has 4 nitrogen and oxygen atoms in total. The molecule has 0 N–H and O–H groups in total. The minimum Gasteiger partial charge on any atom is -0.368 e. The first-order chi connectivity index (χ1) is 11.0. The van der Waals surface area contributed by atoms with Crippen LogP contribution in [0.15, 0.2) is 36.7 Å². The summed E-state index contributed by atoms with van der Waals surface area (Å²) in [5, 5.41) is 4.26. The van der Waals surface area contributed by atoms with Gasteiger partial charge in [0.2, 0.25) is 0 Å². The smallest absolute Gasteiger partial charge is 0.123 e. The summed E-state index contributed by atoms with van der Waals surface area (Å²) >= 11 is 0. The maximum absolute atomic E-state index is 13.1. The first-order valence-electron chi connectivity index (χ1n) is 8.07. The fourth-order valence-electron chi connectivity index (χ4n) is 3.26. The van der Waals surface area contributed by atoms with Crippen molar-refractivity contribution in [3.8, 4) is 0 Å². The fourth-order valence-corrected chi connectivity index (χ4v) is 3.26. The van der Waals surface area contributed by atoms with Gasteiger partial charge in [-0.3, -0.25) is 9.58 Å². The number of aryl methyl sites for hydroxylation is 1. The summed E-state index contributed by atoms with van der Waals surface area (Å²) in [6.07, 6.45) is 3.90. The molecule has 1 saturated heterocycles. The molecule has 0 spiro atoms. The number of ether oxygens (including phenoxy) is 1. The van der Waals surface area contributed by atoms with Crippen molar-refractivity contribution in [2.75, 3.05) is 26.2 Å². The Hall–Kier alpha value is -1.72. The van der Waals surface area contributed by atoms with Gasteiger partial charge >= 0.3 is 0 Å². The normalized spacial score (nSPS) is 23.8. The number of aromatic nitrogens is 2. The number of morpholine rings is 1. The largest absolute Gasteiger partial charge is 0.368 e. The molecule has 2 atom stereocenters. The van der Waals surface area contributed by atoms with Gasteiger partial charge in [-0.15, -0.1) is 0 Å². The molecule has 1 aliphatic heterocycles. The Morgan fingerprint density at radius 1 is 1.35 bits per heavy atom.